The number of nitrogens with zero attached hydrogens (tertiary/aromatic N) is 3. The summed E-state index contributed by atoms with van der Waals surface area (Å²) in [4.78, 5) is 18.0. The lowest BCUT2D eigenvalue weighted by atomic mass is 9.95. The van der Waals surface area contributed by atoms with Gasteiger partial charge in [-0.25, -0.2) is 4.98 Å². The van der Waals surface area contributed by atoms with Gasteiger partial charge in [0.15, 0.2) is 0 Å². The third kappa shape index (κ3) is 5.13. The molecule has 0 radical (unpaired) electrons. The van der Waals surface area contributed by atoms with Crippen LogP contribution >= 0.6 is 61.1 Å². The molecule has 156 valence electrons. The first-order valence-electron chi connectivity index (χ1n) is 9.11. The van der Waals surface area contributed by atoms with Gasteiger partial charge in [-0.2, -0.15) is 9.78 Å². The van der Waals surface area contributed by atoms with Crippen LogP contribution in [0.4, 0.5) is 0 Å². The lowest BCUT2D eigenvalue weighted by Gasteiger charge is -2.20. The topological polar surface area (TPSA) is 56.5 Å². The highest BCUT2D eigenvalue weighted by Gasteiger charge is 2.23. The van der Waals surface area contributed by atoms with Crippen molar-refractivity contribution in [1.82, 2.24) is 9.66 Å². The highest BCUT2D eigenvalue weighted by molar-refractivity contribution is 14.1. The normalized spacial score (nSPS) is 11.9. The van der Waals surface area contributed by atoms with E-state index in [4.69, 9.17) is 9.72 Å². The van der Waals surface area contributed by atoms with E-state index in [9.17, 15) is 4.79 Å². The lowest BCUT2D eigenvalue weighted by Crippen LogP contribution is -2.29. The quantitative estimate of drug-likeness (QED) is 0.184. The van der Waals surface area contributed by atoms with Crippen molar-refractivity contribution in [1.29, 1.82) is 0 Å². The summed E-state index contributed by atoms with van der Waals surface area (Å²) in [7, 11) is 0. The Morgan fingerprint density at radius 1 is 1.23 bits per heavy atom. The Morgan fingerprint density at radius 2 is 1.90 bits per heavy atom. The van der Waals surface area contributed by atoms with Crippen LogP contribution < -0.4 is 10.3 Å². The van der Waals surface area contributed by atoms with Crippen molar-refractivity contribution in [3.8, 4) is 5.75 Å². The molecule has 2 aromatic carbocycles. The zero-order chi connectivity index (χ0) is 22.1. The van der Waals surface area contributed by atoms with Gasteiger partial charge in [-0.1, -0.05) is 49.4 Å². The molecule has 0 amide bonds. The van der Waals surface area contributed by atoms with Crippen molar-refractivity contribution in [2.45, 2.75) is 26.2 Å². The second kappa shape index (κ2) is 9.47. The van der Waals surface area contributed by atoms with Crippen LogP contribution in [0.2, 0.25) is 0 Å². The second-order valence-electron chi connectivity index (χ2n) is 7.62. The SMILES string of the molecule is C=CCOc1c(I)cc(C=Nn2c(C(C)(C)C)nc3ccc(Br)cc3c2=O)cc1I. The number of aromatic nitrogens is 2. The maximum Gasteiger partial charge on any atom is 0.282 e. The van der Waals surface area contributed by atoms with Crippen LogP contribution in [0.1, 0.15) is 32.2 Å². The van der Waals surface area contributed by atoms with E-state index in [1.807, 2.05) is 45.0 Å². The Bertz CT molecular complexity index is 1190. The number of fused-ring (bicyclic) bond motifs is 1. The fourth-order valence-corrected chi connectivity index (χ4v) is 5.29. The van der Waals surface area contributed by atoms with Gasteiger partial charge in [0.1, 0.15) is 18.2 Å². The molecule has 0 spiro atoms. The Balaban J connectivity index is 2.13. The molecule has 0 aliphatic carbocycles. The van der Waals surface area contributed by atoms with Crippen LogP contribution in [0, 0.1) is 7.14 Å². The minimum absolute atomic E-state index is 0.196. The van der Waals surface area contributed by atoms with E-state index in [2.05, 4.69) is 72.8 Å². The number of hydrogen-bond donors (Lipinski definition) is 0. The van der Waals surface area contributed by atoms with Gasteiger partial charge in [0.05, 0.1) is 24.3 Å². The molecule has 3 aromatic rings. The molecule has 0 N–H and O–H groups in total. The zero-order valence-electron chi connectivity index (χ0n) is 16.7. The molecule has 3 rings (SSSR count). The molecule has 0 fully saturated rings. The van der Waals surface area contributed by atoms with Gasteiger partial charge >= 0.3 is 0 Å². The van der Waals surface area contributed by atoms with E-state index < -0.39 is 0 Å². The molecular formula is C22H20BrI2N3O2. The summed E-state index contributed by atoms with van der Waals surface area (Å²) in [5, 5.41) is 5.05. The summed E-state index contributed by atoms with van der Waals surface area (Å²) in [5.74, 6) is 1.42. The van der Waals surface area contributed by atoms with Crippen molar-refractivity contribution in [3.05, 3.63) is 76.3 Å². The van der Waals surface area contributed by atoms with Gasteiger partial charge in [0.25, 0.3) is 5.56 Å². The van der Waals surface area contributed by atoms with Crippen molar-refractivity contribution in [3.63, 3.8) is 0 Å². The van der Waals surface area contributed by atoms with Gasteiger partial charge in [-0.15, -0.1) is 0 Å². The molecule has 0 unspecified atom stereocenters. The van der Waals surface area contributed by atoms with Crippen molar-refractivity contribution in [2.24, 2.45) is 5.10 Å². The predicted molar refractivity (Wildman–Crippen MR) is 143 cm³/mol. The zero-order valence-corrected chi connectivity index (χ0v) is 22.6. The maximum atomic E-state index is 13.2. The lowest BCUT2D eigenvalue weighted by molar-refractivity contribution is 0.358. The van der Waals surface area contributed by atoms with E-state index in [1.165, 1.54) is 4.68 Å². The Morgan fingerprint density at radius 3 is 2.50 bits per heavy atom. The first-order chi connectivity index (χ1) is 14.1. The minimum atomic E-state index is -0.358. The van der Waals surface area contributed by atoms with E-state index in [0.717, 1.165) is 22.9 Å². The van der Waals surface area contributed by atoms with Crippen LogP contribution in [0.25, 0.3) is 10.9 Å². The van der Waals surface area contributed by atoms with Crippen molar-refractivity contribution < 1.29 is 4.74 Å². The summed E-state index contributed by atoms with van der Waals surface area (Å²) < 4.78 is 9.88. The highest BCUT2D eigenvalue weighted by Crippen LogP contribution is 2.29. The smallest absolute Gasteiger partial charge is 0.282 e. The van der Waals surface area contributed by atoms with Crippen LogP contribution in [-0.4, -0.2) is 22.5 Å². The third-order valence-corrected chi connectivity index (χ3v) is 6.26. The summed E-state index contributed by atoms with van der Waals surface area (Å²) in [6.45, 7) is 10.2. The van der Waals surface area contributed by atoms with E-state index in [0.29, 0.717) is 23.3 Å². The average molecular weight is 692 g/mol. The third-order valence-electron chi connectivity index (χ3n) is 4.17. The predicted octanol–water partition coefficient (Wildman–Crippen LogP) is 6.11. The molecule has 1 heterocycles. The molecule has 0 aliphatic rings. The Labute approximate surface area is 211 Å². The fraction of sp³-hybridized carbons (Fsp3) is 0.227. The second-order valence-corrected chi connectivity index (χ2v) is 10.9. The minimum Gasteiger partial charge on any atom is -0.487 e. The van der Waals surface area contributed by atoms with Crippen molar-refractivity contribution in [2.75, 3.05) is 6.61 Å². The van der Waals surface area contributed by atoms with Gasteiger partial charge in [-0.05, 0) is 81.1 Å². The molecular weight excluding hydrogens is 672 g/mol. The van der Waals surface area contributed by atoms with Gasteiger partial charge in [-0.3, -0.25) is 4.79 Å². The van der Waals surface area contributed by atoms with E-state index in [1.54, 1.807) is 18.4 Å². The molecule has 0 aliphatic heterocycles. The summed E-state index contributed by atoms with van der Waals surface area (Å²) in [5.41, 5.74) is 0.976. The molecule has 30 heavy (non-hydrogen) atoms. The van der Waals surface area contributed by atoms with Crippen LogP contribution in [0.15, 0.2) is 57.4 Å². The maximum absolute atomic E-state index is 13.2. The van der Waals surface area contributed by atoms with Gasteiger partial charge in [0, 0.05) is 9.89 Å². The van der Waals surface area contributed by atoms with E-state index in [-0.39, 0.29) is 11.0 Å². The number of ether oxygens (including phenoxy) is 1. The van der Waals surface area contributed by atoms with Crippen LogP contribution in [-0.2, 0) is 5.41 Å². The fourth-order valence-electron chi connectivity index (χ4n) is 2.80. The number of benzene rings is 2. The van der Waals surface area contributed by atoms with Gasteiger partial charge in [0.2, 0.25) is 0 Å². The van der Waals surface area contributed by atoms with Gasteiger partial charge < -0.3 is 4.74 Å². The largest absolute Gasteiger partial charge is 0.487 e. The molecule has 8 heteroatoms. The number of halogens is 3. The molecule has 0 saturated carbocycles. The monoisotopic (exact) mass is 691 g/mol. The Hall–Kier alpha value is -1.27. The molecule has 0 atom stereocenters. The van der Waals surface area contributed by atoms with Crippen molar-refractivity contribution >= 4 is 78.2 Å². The number of hydrogen-bond acceptors (Lipinski definition) is 4. The molecule has 0 bridgehead atoms. The highest BCUT2D eigenvalue weighted by atomic mass is 127. The first kappa shape index (κ1) is 23.4. The summed E-state index contributed by atoms with van der Waals surface area (Å²) >= 11 is 7.90. The van der Waals surface area contributed by atoms with Crippen LogP contribution in [0.3, 0.4) is 0 Å². The average Bonchev–Trinajstić information content (AvgIpc) is 2.66. The van der Waals surface area contributed by atoms with E-state index >= 15 is 0 Å². The molecule has 5 nitrogen and oxygen atoms in total. The summed E-state index contributed by atoms with van der Waals surface area (Å²) in [6.07, 6.45) is 3.40. The number of rotatable bonds is 5. The standard InChI is InChI=1S/C22H20BrI2N3O2/c1-5-8-30-19-16(24)9-13(10-17(19)25)12-26-28-20(29)15-11-14(23)6-7-18(15)27-21(28)22(2,3)4/h5-7,9-12H,1,8H2,2-4H3. The molecule has 1 aromatic heterocycles. The van der Waals surface area contributed by atoms with Crippen LogP contribution in [0.5, 0.6) is 5.75 Å². The Kier molecular flexibility index (Phi) is 7.39. The summed E-state index contributed by atoms with van der Waals surface area (Å²) in [6, 6.07) is 9.45. The first-order valence-corrected chi connectivity index (χ1v) is 12.1. The molecule has 0 saturated heterocycles.